The fourth-order valence-electron chi connectivity index (χ4n) is 3.30. The minimum absolute atomic E-state index is 0.0731. The third kappa shape index (κ3) is 2.73. The van der Waals surface area contributed by atoms with E-state index in [2.05, 4.69) is 18.9 Å². The number of anilines is 1. The molecule has 0 unspecified atom stereocenters. The average Bonchev–Trinajstić information content (AvgIpc) is 3.21. The predicted molar refractivity (Wildman–Crippen MR) is 91.6 cm³/mol. The van der Waals surface area contributed by atoms with Gasteiger partial charge in [0, 0.05) is 18.2 Å². The van der Waals surface area contributed by atoms with E-state index in [1.807, 2.05) is 11.0 Å². The van der Waals surface area contributed by atoms with Crippen LogP contribution < -0.4 is 5.73 Å². The van der Waals surface area contributed by atoms with Crippen LogP contribution in [0.1, 0.15) is 42.6 Å². The van der Waals surface area contributed by atoms with Crippen molar-refractivity contribution in [3.63, 3.8) is 0 Å². The quantitative estimate of drug-likeness (QED) is 0.940. The van der Waals surface area contributed by atoms with Crippen LogP contribution in [0.15, 0.2) is 30.5 Å². The first-order chi connectivity index (χ1) is 11.5. The van der Waals surface area contributed by atoms with Gasteiger partial charge in [-0.1, -0.05) is 13.8 Å². The number of hydrogen-bond acceptors (Lipinski definition) is 4. The molecule has 1 aliphatic heterocycles. The predicted octanol–water partition coefficient (Wildman–Crippen LogP) is 2.59. The number of carbonyl (C=O) groups excluding carboxylic acids is 1. The number of aromatic nitrogens is 2. The molecule has 1 atom stereocenters. The molecule has 124 valence electrons. The lowest BCUT2D eigenvalue weighted by Crippen LogP contribution is -2.38. The van der Waals surface area contributed by atoms with Gasteiger partial charge in [-0.25, -0.2) is 4.68 Å². The van der Waals surface area contributed by atoms with Crippen LogP contribution in [0.3, 0.4) is 0 Å². The van der Waals surface area contributed by atoms with Crippen LogP contribution in [0.4, 0.5) is 5.82 Å². The minimum Gasteiger partial charge on any atom is -0.382 e. The maximum atomic E-state index is 12.8. The largest absolute Gasteiger partial charge is 0.382 e. The van der Waals surface area contributed by atoms with Gasteiger partial charge in [0.2, 0.25) is 0 Å². The minimum atomic E-state index is 0.0731. The molecule has 2 N–H and O–H groups in total. The molecule has 1 aromatic heterocycles. The lowest BCUT2D eigenvalue weighted by atomic mass is 10.0. The zero-order valence-electron chi connectivity index (χ0n) is 13.9. The first-order valence-electron chi connectivity index (χ1n) is 8.18. The van der Waals surface area contributed by atoms with Crippen molar-refractivity contribution in [1.29, 1.82) is 5.26 Å². The van der Waals surface area contributed by atoms with Crippen molar-refractivity contribution in [2.45, 2.75) is 32.7 Å². The van der Waals surface area contributed by atoms with Crippen LogP contribution in [-0.4, -0.2) is 33.2 Å². The van der Waals surface area contributed by atoms with E-state index in [1.54, 1.807) is 24.3 Å². The first-order valence-corrected chi connectivity index (χ1v) is 8.18. The molecule has 1 aromatic carbocycles. The van der Waals surface area contributed by atoms with Gasteiger partial charge in [-0.05, 0) is 43.0 Å². The first kappa shape index (κ1) is 16.1. The van der Waals surface area contributed by atoms with Crippen molar-refractivity contribution in [3.05, 3.63) is 41.6 Å². The Morgan fingerprint density at radius 1 is 1.38 bits per heavy atom. The molecule has 6 nitrogen and oxygen atoms in total. The molecule has 1 amide bonds. The van der Waals surface area contributed by atoms with Gasteiger partial charge >= 0.3 is 0 Å². The van der Waals surface area contributed by atoms with Crippen molar-refractivity contribution in [1.82, 2.24) is 14.7 Å². The van der Waals surface area contributed by atoms with Crippen LogP contribution in [-0.2, 0) is 0 Å². The number of carbonyl (C=O) groups is 1. The van der Waals surface area contributed by atoms with Crippen LogP contribution >= 0.6 is 0 Å². The Morgan fingerprint density at radius 3 is 2.67 bits per heavy atom. The summed E-state index contributed by atoms with van der Waals surface area (Å²) in [7, 11) is 0. The van der Waals surface area contributed by atoms with E-state index < -0.39 is 0 Å². The number of nitrogens with zero attached hydrogens (tertiary/aromatic N) is 4. The average molecular weight is 323 g/mol. The number of rotatable bonds is 3. The Kier molecular flexibility index (Phi) is 4.26. The second-order valence-electron chi connectivity index (χ2n) is 6.47. The van der Waals surface area contributed by atoms with Crippen molar-refractivity contribution < 1.29 is 4.79 Å². The highest BCUT2D eigenvalue weighted by Gasteiger charge is 2.31. The van der Waals surface area contributed by atoms with Gasteiger partial charge in [0.15, 0.2) is 0 Å². The Hall–Kier alpha value is -2.81. The van der Waals surface area contributed by atoms with E-state index in [0.29, 0.717) is 28.9 Å². The highest BCUT2D eigenvalue weighted by atomic mass is 16.2. The van der Waals surface area contributed by atoms with Gasteiger partial charge in [0.1, 0.15) is 17.5 Å². The van der Waals surface area contributed by atoms with Gasteiger partial charge < -0.3 is 10.6 Å². The number of nitriles is 1. The molecule has 0 spiro atoms. The fraction of sp³-hybridized carbons (Fsp3) is 0.389. The zero-order valence-corrected chi connectivity index (χ0v) is 13.9. The van der Waals surface area contributed by atoms with Crippen LogP contribution in [0.5, 0.6) is 0 Å². The summed E-state index contributed by atoms with van der Waals surface area (Å²) in [6.45, 7) is 5.14. The van der Waals surface area contributed by atoms with Gasteiger partial charge in [-0.3, -0.25) is 4.79 Å². The monoisotopic (exact) mass is 323 g/mol. The third-order valence-electron chi connectivity index (χ3n) is 4.62. The second-order valence-corrected chi connectivity index (χ2v) is 6.47. The van der Waals surface area contributed by atoms with E-state index in [0.717, 1.165) is 25.1 Å². The van der Waals surface area contributed by atoms with Gasteiger partial charge in [-0.15, -0.1) is 0 Å². The molecule has 3 rings (SSSR count). The van der Waals surface area contributed by atoms with Gasteiger partial charge in [0.25, 0.3) is 5.91 Å². The molecule has 1 aliphatic rings. The van der Waals surface area contributed by atoms with Crippen LogP contribution in [0, 0.1) is 17.2 Å². The van der Waals surface area contributed by atoms with E-state index in [4.69, 9.17) is 11.0 Å². The van der Waals surface area contributed by atoms with Gasteiger partial charge in [-0.2, -0.15) is 10.4 Å². The highest BCUT2D eigenvalue weighted by Crippen LogP contribution is 2.26. The maximum absolute atomic E-state index is 12.8. The van der Waals surface area contributed by atoms with Crippen molar-refractivity contribution in [2.24, 2.45) is 5.92 Å². The molecule has 0 saturated carbocycles. The van der Waals surface area contributed by atoms with Crippen LogP contribution in [0.2, 0.25) is 0 Å². The molecule has 1 saturated heterocycles. The van der Waals surface area contributed by atoms with Crippen LogP contribution in [0.25, 0.3) is 5.69 Å². The number of nitrogens with two attached hydrogens (primary N) is 1. The molecule has 0 radical (unpaired) electrons. The molecular weight excluding hydrogens is 302 g/mol. The molecule has 0 aliphatic carbocycles. The standard InChI is InChI=1S/C18H21N5O/c1-12(2)16-4-3-9-22(16)18(24)13-5-7-15(8-6-13)23-17(20)14(10-19)11-21-23/h5-8,11-12,16H,3-4,9,20H2,1-2H3/t16-/m1/s1. The van der Waals surface area contributed by atoms with Crippen molar-refractivity contribution in [3.8, 4) is 11.8 Å². The second kappa shape index (κ2) is 6.36. The summed E-state index contributed by atoms with van der Waals surface area (Å²) in [6.07, 6.45) is 3.57. The summed E-state index contributed by atoms with van der Waals surface area (Å²) in [5.41, 5.74) is 7.63. The molecular formula is C18H21N5O. The van der Waals surface area contributed by atoms with E-state index in [-0.39, 0.29) is 5.91 Å². The third-order valence-corrected chi connectivity index (χ3v) is 4.62. The van der Waals surface area contributed by atoms with E-state index in [1.165, 1.54) is 10.9 Å². The van der Waals surface area contributed by atoms with E-state index >= 15 is 0 Å². The highest BCUT2D eigenvalue weighted by molar-refractivity contribution is 5.94. The Balaban J connectivity index is 1.83. The normalized spacial score (nSPS) is 17.2. The van der Waals surface area contributed by atoms with Crippen molar-refractivity contribution >= 4 is 11.7 Å². The number of likely N-dealkylation sites (tertiary alicyclic amines) is 1. The number of amides is 1. The molecule has 6 heteroatoms. The van der Waals surface area contributed by atoms with Gasteiger partial charge in [0.05, 0.1) is 11.9 Å². The zero-order chi connectivity index (χ0) is 17.3. The van der Waals surface area contributed by atoms with Crippen molar-refractivity contribution in [2.75, 3.05) is 12.3 Å². The number of benzene rings is 1. The molecule has 0 bridgehead atoms. The molecule has 2 heterocycles. The molecule has 24 heavy (non-hydrogen) atoms. The summed E-state index contributed by atoms with van der Waals surface area (Å²) in [5.74, 6) is 0.837. The summed E-state index contributed by atoms with van der Waals surface area (Å²) in [6, 6.07) is 9.51. The molecule has 2 aromatic rings. The number of hydrogen-bond donors (Lipinski definition) is 1. The number of nitrogen functional groups attached to an aromatic ring is 1. The van der Waals surface area contributed by atoms with E-state index in [9.17, 15) is 4.79 Å². The topological polar surface area (TPSA) is 87.9 Å². The summed E-state index contributed by atoms with van der Waals surface area (Å²) in [4.78, 5) is 14.7. The Bertz CT molecular complexity index is 785. The lowest BCUT2D eigenvalue weighted by molar-refractivity contribution is 0.0701. The smallest absolute Gasteiger partial charge is 0.254 e. The Labute approximate surface area is 141 Å². The maximum Gasteiger partial charge on any atom is 0.254 e. The lowest BCUT2D eigenvalue weighted by Gasteiger charge is -2.27. The summed E-state index contributed by atoms with van der Waals surface area (Å²) >= 11 is 0. The summed E-state index contributed by atoms with van der Waals surface area (Å²) < 4.78 is 1.50. The SMILES string of the molecule is CC(C)[C@H]1CCCN1C(=O)c1ccc(-n2ncc(C#N)c2N)cc1. The molecule has 1 fully saturated rings. The summed E-state index contributed by atoms with van der Waals surface area (Å²) in [5, 5.41) is 13.1. The Morgan fingerprint density at radius 2 is 2.08 bits per heavy atom. The fourth-order valence-corrected chi connectivity index (χ4v) is 3.30.